The number of halogens is 1. The van der Waals surface area contributed by atoms with E-state index in [1.807, 2.05) is 30.3 Å². The summed E-state index contributed by atoms with van der Waals surface area (Å²) in [6, 6.07) is 9.85. The molecule has 1 aromatic carbocycles. The van der Waals surface area contributed by atoms with Gasteiger partial charge in [0, 0.05) is 17.7 Å². The number of hydrogen-bond acceptors (Lipinski definition) is 3. The second-order valence-electron chi connectivity index (χ2n) is 3.32. The monoisotopic (exact) mass is 278 g/mol. The molecule has 2 rings (SSSR count). The van der Waals surface area contributed by atoms with E-state index < -0.39 is 0 Å². The van der Waals surface area contributed by atoms with Gasteiger partial charge in [-0.1, -0.05) is 18.2 Å². The molecule has 0 saturated carbocycles. The van der Waals surface area contributed by atoms with Crippen LogP contribution >= 0.6 is 15.9 Å². The number of hydrogen-bond donors (Lipinski definition) is 0. The van der Waals surface area contributed by atoms with Crippen molar-refractivity contribution in [3.8, 4) is 5.75 Å². The third kappa shape index (κ3) is 2.58. The molecule has 2 aromatic rings. The highest BCUT2D eigenvalue weighted by Crippen LogP contribution is 2.20. The van der Waals surface area contributed by atoms with Gasteiger partial charge in [-0.3, -0.25) is 0 Å². The molecule has 0 fully saturated rings. The predicted octanol–water partition coefficient (Wildman–Crippen LogP) is 2.84. The molecular weight excluding hydrogens is 268 g/mol. The Kier molecular flexibility index (Phi) is 3.51. The molecule has 0 spiro atoms. The van der Waals surface area contributed by atoms with Gasteiger partial charge in [-0.05, 0) is 28.1 Å². The van der Waals surface area contributed by atoms with Crippen molar-refractivity contribution < 1.29 is 4.74 Å². The van der Waals surface area contributed by atoms with E-state index in [2.05, 4.69) is 25.9 Å². The van der Waals surface area contributed by atoms with Crippen molar-refractivity contribution in [1.82, 2.24) is 9.97 Å². The van der Waals surface area contributed by atoms with Crippen molar-refractivity contribution in [2.45, 2.75) is 6.42 Å². The fourth-order valence-electron chi connectivity index (χ4n) is 1.51. The number of ether oxygens (including phenoxy) is 1. The molecule has 82 valence electrons. The van der Waals surface area contributed by atoms with Crippen LogP contribution in [0.25, 0.3) is 0 Å². The number of rotatable bonds is 3. The van der Waals surface area contributed by atoms with E-state index in [4.69, 9.17) is 4.74 Å². The lowest BCUT2D eigenvalue weighted by Gasteiger charge is -2.07. The summed E-state index contributed by atoms with van der Waals surface area (Å²) >= 11 is 3.33. The lowest BCUT2D eigenvalue weighted by Crippen LogP contribution is -1.96. The van der Waals surface area contributed by atoms with Crippen molar-refractivity contribution in [1.29, 1.82) is 0 Å². The van der Waals surface area contributed by atoms with E-state index in [1.165, 1.54) is 0 Å². The van der Waals surface area contributed by atoms with E-state index in [0.717, 1.165) is 28.0 Å². The molecule has 0 unspecified atom stereocenters. The maximum Gasteiger partial charge on any atom is 0.122 e. The molecule has 3 nitrogen and oxygen atoms in total. The average Bonchev–Trinajstić information content (AvgIpc) is 2.30. The summed E-state index contributed by atoms with van der Waals surface area (Å²) < 4.78 is 6.09. The fraction of sp³-hybridized carbons (Fsp3) is 0.167. The highest BCUT2D eigenvalue weighted by Gasteiger charge is 2.04. The zero-order valence-electron chi connectivity index (χ0n) is 8.85. The zero-order valence-corrected chi connectivity index (χ0v) is 10.4. The van der Waals surface area contributed by atoms with Crippen LogP contribution in [0.2, 0.25) is 0 Å². The smallest absolute Gasteiger partial charge is 0.122 e. The Bertz CT molecular complexity index is 488. The number of methoxy groups -OCH3 is 1. The summed E-state index contributed by atoms with van der Waals surface area (Å²) in [5.74, 6) is 0.886. The van der Waals surface area contributed by atoms with E-state index in [9.17, 15) is 0 Å². The molecule has 0 N–H and O–H groups in total. The van der Waals surface area contributed by atoms with Gasteiger partial charge < -0.3 is 4.74 Å². The Labute approximate surface area is 103 Å². The highest BCUT2D eigenvalue weighted by atomic mass is 79.9. The molecule has 0 radical (unpaired) electrons. The van der Waals surface area contributed by atoms with E-state index in [1.54, 1.807) is 13.4 Å². The van der Waals surface area contributed by atoms with Gasteiger partial charge in [-0.2, -0.15) is 0 Å². The first-order valence-corrected chi connectivity index (χ1v) is 5.67. The summed E-state index contributed by atoms with van der Waals surface area (Å²) in [4.78, 5) is 8.21. The van der Waals surface area contributed by atoms with Crippen LogP contribution in [0.3, 0.4) is 0 Å². The number of nitrogens with zero attached hydrogens (tertiary/aromatic N) is 2. The minimum absolute atomic E-state index is 0.741. The first-order chi connectivity index (χ1) is 7.79. The highest BCUT2D eigenvalue weighted by molar-refractivity contribution is 9.10. The van der Waals surface area contributed by atoms with Gasteiger partial charge in [-0.15, -0.1) is 0 Å². The summed E-state index contributed by atoms with van der Waals surface area (Å²) in [6.45, 7) is 0. The van der Waals surface area contributed by atoms with Crippen LogP contribution in [-0.2, 0) is 6.42 Å². The van der Waals surface area contributed by atoms with Gasteiger partial charge in [0.25, 0.3) is 0 Å². The molecule has 0 aliphatic carbocycles. The topological polar surface area (TPSA) is 35.0 Å². The van der Waals surface area contributed by atoms with Crippen molar-refractivity contribution >= 4 is 15.9 Å². The third-order valence-electron chi connectivity index (χ3n) is 2.25. The van der Waals surface area contributed by atoms with Gasteiger partial charge in [0.15, 0.2) is 0 Å². The zero-order chi connectivity index (χ0) is 11.4. The molecule has 0 aliphatic rings. The van der Waals surface area contributed by atoms with Gasteiger partial charge >= 0.3 is 0 Å². The molecule has 1 aromatic heterocycles. The number of aromatic nitrogens is 2. The normalized spacial score (nSPS) is 10.1. The van der Waals surface area contributed by atoms with Crippen LogP contribution in [0.4, 0.5) is 0 Å². The molecule has 0 bridgehead atoms. The van der Waals surface area contributed by atoms with Gasteiger partial charge in [0.2, 0.25) is 0 Å². The van der Waals surface area contributed by atoms with Crippen LogP contribution < -0.4 is 4.74 Å². The van der Waals surface area contributed by atoms with Crippen LogP contribution in [0.15, 0.2) is 41.3 Å². The Balaban J connectivity index is 2.26. The van der Waals surface area contributed by atoms with Crippen LogP contribution in [-0.4, -0.2) is 17.1 Å². The Morgan fingerprint density at radius 3 is 2.81 bits per heavy atom. The first kappa shape index (κ1) is 11.1. The minimum Gasteiger partial charge on any atom is -0.496 e. The summed E-state index contributed by atoms with van der Waals surface area (Å²) in [5, 5.41) is 0. The first-order valence-electron chi connectivity index (χ1n) is 4.88. The van der Waals surface area contributed by atoms with E-state index >= 15 is 0 Å². The van der Waals surface area contributed by atoms with Gasteiger partial charge in [-0.25, -0.2) is 9.97 Å². The molecule has 16 heavy (non-hydrogen) atoms. The van der Waals surface area contributed by atoms with Gasteiger partial charge in [0.05, 0.1) is 7.11 Å². The maximum atomic E-state index is 5.29. The molecule has 0 atom stereocenters. The van der Waals surface area contributed by atoms with Crippen LogP contribution in [0.5, 0.6) is 5.75 Å². The maximum absolute atomic E-state index is 5.29. The number of para-hydroxylation sites is 1. The summed E-state index contributed by atoms with van der Waals surface area (Å²) in [5.41, 5.74) is 2.09. The molecular formula is C12H11BrN2O. The van der Waals surface area contributed by atoms with Crippen LogP contribution in [0.1, 0.15) is 11.3 Å². The third-order valence-corrected chi connectivity index (χ3v) is 2.69. The molecule has 0 amide bonds. The summed E-state index contributed by atoms with van der Waals surface area (Å²) in [6.07, 6.45) is 2.29. The van der Waals surface area contributed by atoms with Crippen molar-refractivity contribution in [2.24, 2.45) is 0 Å². The van der Waals surface area contributed by atoms with Crippen LogP contribution in [0, 0.1) is 0 Å². The lowest BCUT2D eigenvalue weighted by molar-refractivity contribution is 0.410. The molecule has 1 heterocycles. The second kappa shape index (κ2) is 5.07. The Morgan fingerprint density at radius 1 is 1.25 bits per heavy atom. The van der Waals surface area contributed by atoms with Crippen molar-refractivity contribution in [2.75, 3.05) is 7.11 Å². The largest absolute Gasteiger partial charge is 0.496 e. The fourth-order valence-corrected chi connectivity index (χ4v) is 1.87. The van der Waals surface area contributed by atoms with Crippen molar-refractivity contribution in [3.63, 3.8) is 0 Å². The predicted molar refractivity (Wildman–Crippen MR) is 65.5 cm³/mol. The Morgan fingerprint density at radius 2 is 2.06 bits per heavy atom. The lowest BCUT2D eigenvalue weighted by atomic mass is 10.1. The van der Waals surface area contributed by atoms with E-state index in [-0.39, 0.29) is 0 Å². The Hall–Kier alpha value is -1.42. The standard InChI is InChI=1S/C12H11BrN2O/c1-16-11-5-3-2-4-9(11)6-10-7-12(13)15-8-14-10/h2-5,7-8H,6H2,1H3. The van der Waals surface area contributed by atoms with Crippen molar-refractivity contribution in [3.05, 3.63) is 52.5 Å². The quantitative estimate of drug-likeness (QED) is 0.810. The number of benzene rings is 1. The minimum atomic E-state index is 0.741. The second-order valence-corrected chi connectivity index (χ2v) is 4.13. The molecule has 0 saturated heterocycles. The van der Waals surface area contributed by atoms with E-state index in [0.29, 0.717) is 0 Å². The average molecular weight is 279 g/mol. The van der Waals surface area contributed by atoms with Gasteiger partial charge in [0.1, 0.15) is 16.7 Å². The SMILES string of the molecule is COc1ccccc1Cc1cc(Br)ncn1. The summed E-state index contributed by atoms with van der Waals surface area (Å²) in [7, 11) is 1.68. The molecule has 4 heteroatoms. The molecule has 0 aliphatic heterocycles.